The molecule has 0 atom stereocenters. The van der Waals surface area contributed by atoms with Gasteiger partial charge >= 0.3 is 0 Å². The topological polar surface area (TPSA) is 58.6 Å². The van der Waals surface area contributed by atoms with Gasteiger partial charge in [0.15, 0.2) is 0 Å². The minimum absolute atomic E-state index is 0.0809. The molecule has 0 radical (unpaired) electrons. The number of hydrogen-bond acceptors (Lipinski definition) is 3. The molecule has 1 fully saturated rings. The SMILES string of the molecule is COc1ccc(NC(=O)CN(C)C(=O)C2CCCC2)cc1. The summed E-state index contributed by atoms with van der Waals surface area (Å²) in [6.45, 7) is 0.0847. The van der Waals surface area contributed by atoms with Crippen LogP contribution >= 0.6 is 0 Å². The molecular formula is C16H22N2O3. The Balaban J connectivity index is 1.83. The molecule has 0 heterocycles. The first-order valence-corrected chi connectivity index (χ1v) is 7.29. The van der Waals surface area contributed by atoms with Crippen LogP contribution in [0.1, 0.15) is 25.7 Å². The Morgan fingerprint density at radius 2 is 1.86 bits per heavy atom. The van der Waals surface area contributed by atoms with Gasteiger partial charge in [0.2, 0.25) is 11.8 Å². The van der Waals surface area contributed by atoms with Gasteiger partial charge in [-0.15, -0.1) is 0 Å². The van der Waals surface area contributed by atoms with Crippen molar-refractivity contribution in [2.75, 3.05) is 26.0 Å². The van der Waals surface area contributed by atoms with Crippen molar-refractivity contribution in [3.63, 3.8) is 0 Å². The molecule has 114 valence electrons. The molecule has 5 nitrogen and oxygen atoms in total. The van der Waals surface area contributed by atoms with E-state index in [2.05, 4.69) is 5.32 Å². The van der Waals surface area contributed by atoms with Crippen LogP contribution in [0.4, 0.5) is 5.69 Å². The fraction of sp³-hybridized carbons (Fsp3) is 0.500. The van der Waals surface area contributed by atoms with Crippen LogP contribution < -0.4 is 10.1 Å². The number of likely N-dealkylation sites (N-methyl/N-ethyl adjacent to an activating group) is 1. The van der Waals surface area contributed by atoms with Gasteiger partial charge in [0.1, 0.15) is 5.75 Å². The van der Waals surface area contributed by atoms with Crippen LogP contribution in [0.5, 0.6) is 5.75 Å². The third-order valence-electron chi connectivity index (χ3n) is 3.84. The standard InChI is InChI=1S/C16H22N2O3/c1-18(16(20)12-5-3-4-6-12)11-15(19)17-13-7-9-14(21-2)10-8-13/h7-10,12H,3-6,11H2,1-2H3,(H,17,19). The highest BCUT2D eigenvalue weighted by Crippen LogP contribution is 2.26. The zero-order valence-electron chi connectivity index (χ0n) is 12.6. The number of rotatable bonds is 5. The highest BCUT2D eigenvalue weighted by molar-refractivity contribution is 5.94. The molecule has 1 N–H and O–H groups in total. The first kappa shape index (κ1) is 15.4. The third kappa shape index (κ3) is 4.21. The molecule has 1 aromatic rings. The summed E-state index contributed by atoms with van der Waals surface area (Å²) < 4.78 is 5.06. The molecular weight excluding hydrogens is 268 g/mol. The molecule has 0 unspecified atom stereocenters. The maximum absolute atomic E-state index is 12.1. The fourth-order valence-electron chi connectivity index (χ4n) is 2.65. The molecule has 0 saturated heterocycles. The van der Waals surface area contributed by atoms with Gasteiger partial charge in [-0.05, 0) is 37.1 Å². The third-order valence-corrected chi connectivity index (χ3v) is 3.84. The second kappa shape index (κ2) is 7.11. The smallest absolute Gasteiger partial charge is 0.243 e. The van der Waals surface area contributed by atoms with E-state index in [4.69, 9.17) is 4.74 Å². The average Bonchev–Trinajstić information content (AvgIpc) is 3.01. The molecule has 1 aliphatic rings. The van der Waals surface area contributed by atoms with Gasteiger partial charge in [-0.2, -0.15) is 0 Å². The van der Waals surface area contributed by atoms with Crippen molar-refractivity contribution < 1.29 is 14.3 Å². The van der Waals surface area contributed by atoms with E-state index in [1.54, 1.807) is 38.4 Å². The zero-order chi connectivity index (χ0) is 15.2. The first-order chi connectivity index (χ1) is 10.1. The summed E-state index contributed by atoms with van der Waals surface area (Å²) in [4.78, 5) is 25.6. The number of amides is 2. The number of methoxy groups -OCH3 is 1. The maximum Gasteiger partial charge on any atom is 0.243 e. The average molecular weight is 290 g/mol. The number of hydrogen-bond donors (Lipinski definition) is 1. The molecule has 1 aliphatic carbocycles. The number of ether oxygens (including phenoxy) is 1. The van der Waals surface area contributed by atoms with Crippen LogP contribution in [-0.4, -0.2) is 37.4 Å². The van der Waals surface area contributed by atoms with Crippen LogP contribution in [0, 0.1) is 5.92 Å². The van der Waals surface area contributed by atoms with E-state index in [0.717, 1.165) is 31.4 Å². The number of carbonyl (C=O) groups is 2. The second-order valence-corrected chi connectivity index (χ2v) is 5.45. The van der Waals surface area contributed by atoms with Crippen molar-refractivity contribution in [2.45, 2.75) is 25.7 Å². The van der Waals surface area contributed by atoms with Gasteiger partial charge in [-0.1, -0.05) is 12.8 Å². The lowest BCUT2D eigenvalue weighted by atomic mass is 10.1. The Morgan fingerprint density at radius 1 is 1.24 bits per heavy atom. The van der Waals surface area contributed by atoms with Crippen molar-refractivity contribution in [1.82, 2.24) is 4.90 Å². The number of nitrogens with zero attached hydrogens (tertiary/aromatic N) is 1. The summed E-state index contributed by atoms with van der Waals surface area (Å²) in [6.07, 6.45) is 4.12. The van der Waals surface area contributed by atoms with Crippen molar-refractivity contribution in [3.8, 4) is 5.75 Å². The Kier molecular flexibility index (Phi) is 5.20. The van der Waals surface area contributed by atoms with Crippen LogP contribution in [-0.2, 0) is 9.59 Å². The second-order valence-electron chi connectivity index (χ2n) is 5.45. The van der Waals surface area contributed by atoms with Gasteiger partial charge < -0.3 is 15.0 Å². The predicted octanol–water partition coefficient (Wildman–Crippen LogP) is 2.28. The molecule has 0 aromatic heterocycles. The molecule has 1 aromatic carbocycles. The number of nitrogens with one attached hydrogen (secondary N) is 1. The van der Waals surface area contributed by atoms with E-state index in [9.17, 15) is 9.59 Å². The molecule has 0 bridgehead atoms. The lowest BCUT2D eigenvalue weighted by molar-refractivity contribution is -0.136. The predicted molar refractivity (Wildman–Crippen MR) is 81.2 cm³/mol. The van der Waals surface area contributed by atoms with E-state index in [0.29, 0.717) is 5.69 Å². The lowest BCUT2D eigenvalue weighted by Crippen LogP contribution is -2.37. The summed E-state index contributed by atoms with van der Waals surface area (Å²) >= 11 is 0. The highest BCUT2D eigenvalue weighted by atomic mass is 16.5. The van der Waals surface area contributed by atoms with Gasteiger partial charge in [0.25, 0.3) is 0 Å². The van der Waals surface area contributed by atoms with Crippen molar-refractivity contribution >= 4 is 17.5 Å². The summed E-state index contributed by atoms with van der Waals surface area (Å²) in [7, 11) is 3.28. The molecule has 21 heavy (non-hydrogen) atoms. The van der Waals surface area contributed by atoms with Gasteiger partial charge in [-0.3, -0.25) is 9.59 Å². The Morgan fingerprint density at radius 3 is 2.43 bits per heavy atom. The van der Waals surface area contributed by atoms with E-state index in [1.807, 2.05) is 0 Å². The fourth-order valence-corrected chi connectivity index (χ4v) is 2.65. The van der Waals surface area contributed by atoms with E-state index in [1.165, 1.54) is 4.90 Å². The zero-order valence-corrected chi connectivity index (χ0v) is 12.6. The summed E-state index contributed by atoms with van der Waals surface area (Å²) in [5, 5.41) is 2.78. The van der Waals surface area contributed by atoms with Crippen LogP contribution in [0.15, 0.2) is 24.3 Å². The van der Waals surface area contributed by atoms with Crippen LogP contribution in [0.2, 0.25) is 0 Å². The number of anilines is 1. The van der Waals surface area contributed by atoms with Gasteiger partial charge in [0, 0.05) is 18.7 Å². The summed E-state index contributed by atoms with van der Waals surface area (Å²) in [5.41, 5.74) is 0.697. The quantitative estimate of drug-likeness (QED) is 0.905. The van der Waals surface area contributed by atoms with Crippen LogP contribution in [0.25, 0.3) is 0 Å². The monoisotopic (exact) mass is 290 g/mol. The molecule has 0 aliphatic heterocycles. The lowest BCUT2D eigenvalue weighted by Gasteiger charge is -2.20. The van der Waals surface area contributed by atoms with Gasteiger partial charge in [0.05, 0.1) is 13.7 Å². The van der Waals surface area contributed by atoms with Crippen LogP contribution in [0.3, 0.4) is 0 Å². The Hall–Kier alpha value is -2.04. The molecule has 5 heteroatoms. The van der Waals surface area contributed by atoms with Gasteiger partial charge in [-0.25, -0.2) is 0 Å². The molecule has 2 amide bonds. The first-order valence-electron chi connectivity index (χ1n) is 7.29. The van der Waals surface area contributed by atoms with E-state index in [-0.39, 0.29) is 24.3 Å². The summed E-state index contributed by atoms with van der Waals surface area (Å²) in [6, 6.07) is 7.11. The van der Waals surface area contributed by atoms with Crippen molar-refractivity contribution in [2.24, 2.45) is 5.92 Å². The Labute approximate surface area is 125 Å². The normalized spacial score (nSPS) is 14.8. The largest absolute Gasteiger partial charge is 0.497 e. The molecule has 0 spiro atoms. The minimum atomic E-state index is -0.186. The number of carbonyl (C=O) groups excluding carboxylic acids is 2. The molecule has 2 rings (SSSR count). The highest BCUT2D eigenvalue weighted by Gasteiger charge is 2.26. The van der Waals surface area contributed by atoms with E-state index >= 15 is 0 Å². The maximum atomic E-state index is 12.1. The minimum Gasteiger partial charge on any atom is -0.497 e. The number of benzene rings is 1. The van der Waals surface area contributed by atoms with E-state index < -0.39 is 0 Å². The van der Waals surface area contributed by atoms with Crippen molar-refractivity contribution in [1.29, 1.82) is 0 Å². The Bertz CT molecular complexity index is 493. The van der Waals surface area contributed by atoms with Crippen molar-refractivity contribution in [3.05, 3.63) is 24.3 Å². The molecule has 1 saturated carbocycles. The summed E-state index contributed by atoms with van der Waals surface area (Å²) in [5.74, 6) is 0.733.